The molecular formula is C12H17BrOSi. The summed E-state index contributed by atoms with van der Waals surface area (Å²) < 4.78 is 5.81. The van der Waals surface area contributed by atoms with Gasteiger partial charge in [-0.2, -0.15) is 0 Å². The predicted octanol–water partition coefficient (Wildman–Crippen LogP) is 3.86. The van der Waals surface area contributed by atoms with E-state index in [9.17, 15) is 0 Å². The molecule has 0 unspecified atom stereocenters. The van der Waals surface area contributed by atoms with Crippen molar-refractivity contribution in [2.45, 2.75) is 13.1 Å². The first-order valence-electron chi connectivity index (χ1n) is 5.05. The van der Waals surface area contributed by atoms with E-state index in [0.29, 0.717) is 6.61 Å². The van der Waals surface area contributed by atoms with Crippen LogP contribution in [0.1, 0.15) is 5.56 Å². The molecule has 15 heavy (non-hydrogen) atoms. The van der Waals surface area contributed by atoms with Crippen LogP contribution in [-0.2, 0) is 4.43 Å². The van der Waals surface area contributed by atoms with Crippen molar-refractivity contribution in [2.75, 3.05) is 11.6 Å². The molecule has 1 rings (SSSR count). The van der Waals surface area contributed by atoms with Crippen LogP contribution in [0.25, 0.3) is 6.08 Å². The summed E-state index contributed by atoms with van der Waals surface area (Å²) in [6, 6.07) is 10.3. The first kappa shape index (κ1) is 12.7. The molecule has 82 valence electrons. The topological polar surface area (TPSA) is 9.23 Å². The highest BCUT2D eigenvalue weighted by molar-refractivity contribution is 9.09. The summed E-state index contributed by atoms with van der Waals surface area (Å²) in [5, 5.41) is 0. The van der Waals surface area contributed by atoms with E-state index in [4.69, 9.17) is 4.43 Å². The molecule has 0 bridgehead atoms. The summed E-state index contributed by atoms with van der Waals surface area (Å²) in [4.78, 5) is 0.985. The Labute approximate surface area is 101 Å². The van der Waals surface area contributed by atoms with E-state index in [0.717, 1.165) is 4.95 Å². The SMILES string of the molecule is C[Si](C)(CBr)OC/C=C/c1ccccc1. The molecule has 0 saturated carbocycles. The van der Waals surface area contributed by atoms with Crippen molar-refractivity contribution in [3.05, 3.63) is 42.0 Å². The van der Waals surface area contributed by atoms with Gasteiger partial charge in [-0.25, -0.2) is 0 Å². The second-order valence-electron chi connectivity index (χ2n) is 4.02. The molecule has 0 N–H and O–H groups in total. The second kappa shape index (κ2) is 6.25. The Balaban J connectivity index is 2.35. The highest BCUT2D eigenvalue weighted by Gasteiger charge is 2.19. The van der Waals surface area contributed by atoms with E-state index in [1.807, 2.05) is 18.2 Å². The number of rotatable bonds is 5. The van der Waals surface area contributed by atoms with Gasteiger partial charge in [-0.15, -0.1) is 0 Å². The zero-order valence-corrected chi connectivity index (χ0v) is 11.8. The standard InChI is InChI=1S/C12H17BrOSi/c1-15(2,11-13)14-10-6-9-12-7-4-3-5-8-12/h3-9H,10-11H2,1-2H3/b9-6+. The summed E-state index contributed by atoms with van der Waals surface area (Å²) in [5.41, 5.74) is 1.22. The van der Waals surface area contributed by atoms with Crippen molar-refractivity contribution < 1.29 is 4.43 Å². The Bertz CT molecular complexity index is 309. The van der Waals surface area contributed by atoms with Crippen molar-refractivity contribution in [3.8, 4) is 0 Å². The second-order valence-corrected chi connectivity index (χ2v) is 9.77. The molecule has 0 heterocycles. The van der Waals surface area contributed by atoms with E-state index in [1.165, 1.54) is 5.56 Å². The molecule has 0 amide bonds. The van der Waals surface area contributed by atoms with Gasteiger partial charge in [-0.05, 0) is 18.7 Å². The third kappa shape index (κ3) is 5.30. The maximum absolute atomic E-state index is 5.81. The normalized spacial score (nSPS) is 12.2. The highest BCUT2D eigenvalue weighted by Crippen LogP contribution is 2.08. The Morgan fingerprint density at radius 2 is 1.93 bits per heavy atom. The highest BCUT2D eigenvalue weighted by atomic mass is 79.9. The number of hydrogen-bond donors (Lipinski definition) is 0. The Morgan fingerprint density at radius 1 is 1.27 bits per heavy atom. The molecule has 3 heteroatoms. The number of halogens is 1. The molecule has 0 spiro atoms. The molecule has 1 nitrogen and oxygen atoms in total. The van der Waals surface area contributed by atoms with Crippen LogP contribution in [0, 0.1) is 0 Å². The molecule has 0 aliphatic heterocycles. The molecule has 0 aliphatic carbocycles. The van der Waals surface area contributed by atoms with Crippen LogP contribution in [-0.4, -0.2) is 19.9 Å². The summed E-state index contributed by atoms with van der Waals surface area (Å²) in [5.74, 6) is 0. The Morgan fingerprint density at radius 3 is 2.53 bits per heavy atom. The van der Waals surface area contributed by atoms with E-state index >= 15 is 0 Å². The van der Waals surface area contributed by atoms with Crippen molar-refractivity contribution in [1.82, 2.24) is 0 Å². The fraction of sp³-hybridized carbons (Fsp3) is 0.333. The molecular weight excluding hydrogens is 268 g/mol. The van der Waals surface area contributed by atoms with Crippen LogP contribution in [0.2, 0.25) is 13.1 Å². The largest absolute Gasteiger partial charge is 0.413 e. The van der Waals surface area contributed by atoms with Crippen LogP contribution in [0.3, 0.4) is 0 Å². The first-order valence-corrected chi connectivity index (χ1v) is 9.29. The number of hydrogen-bond acceptors (Lipinski definition) is 1. The Kier molecular flexibility index (Phi) is 5.29. The molecule has 0 atom stereocenters. The zero-order chi connectivity index (χ0) is 11.1. The van der Waals surface area contributed by atoms with Crippen LogP contribution in [0.15, 0.2) is 36.4 Å². The smallest absolute Gasteiger partial charge is 0.197 e. The van der Waals surface area contributed by atoms with Gasteiger partial charge in [-0.1, -0.05) is 58.4 Å². The molecule has 0 saturated heterocycles. The fourth-order valence-corrected chi connectivity index (χ4v) is 2.17. The average molecular weight is 285 g/mol. The predicted molar refractivity (Wildman–Crippen MR) is 72.7 cm³/mol. The van der Waals surface area contributed by atoms with Gasteiger partial charge in [0, 0.05) is 4.95 Å². The maximum Gasteiger partial charge on any atom is 0.197 e. The van der Waals surface area contributed by atoms with Gasteiger partial charge in [0.15, 0.2) is 8.32 Å². The average Bonchev–Trinajstić information content (AvgIpc) is 2.26. The van der Waals surface area contributed by atoms with Gasteiger partial charge in [0.1, 0.15) is 0 Å². The molecule has 1 aromatic rings. The lowest BCUT2D eigenvalue weighted by atomic mass is 10.2. The summed E-state index contributed by atoms with van der Waals surface area (Å²) in [6.07, 6.45) is 4.17. The quantitative estimate of drug-likeness (QED) is 0.589. The van der Waals surface area contributed by atoms with Gasteiger partial charge in [0.05, 0.1) is 6.61 Å². The lowest BCUT2D eigenvalue weighted by Crippen LogP contribution is -2.32. The van der Waals surface area contributed by atoms with E-state index in [-0.39, 0.29) is 0 Å². The van der Waals surface area contributed by atoms with Crippen molar-refractivity contribution in [3.63, 3.8) is 0 Å². The number of alkyl halides is 1. The minimum atomic E-state index is -1.45. The minimum Gasteiger partial charge on any atom is -0.413 e. The fourth-order valence-electron chi connectivity index (χ4n) is 1.06. The van der Waals surface area contributed by atoms with Gasteiger partial charge in [0.25, 0.3) is 0 Å². The molecule has 0 fully saturated rings. The minimum absolute atomic E-state index is 0.708. The molecule has 0 aromatic heterocycles. The summed E-state index contributed by atoms with van der Waals surface area (Å²) in [7, 11) is -1.45. The van der Waals surface area contributed by atoms with Crippen molar-refractivity contribution in [1.29, 1.82) is 0 Å². The van der Waals surface area contributed by atoms with E-state index in [1.54, 1.807) is 0 Å². The van der Waals surface area contributed by atoms with Crippen molar-refractivity contribution >= 4 is 30.3 Å². The van der Waals surface area contributed by atoms with Gasteiger partial charge in [0.2, 0.25) is 0 Å². The van der Waals surface area contributed by atoms with Gasteiger partial charge < -0.3 is 4.43 Å². The van der Waals surface area contributed by atoms with Crippen LogP contribution >= 0.6 is 15.9 Å². The van der Waals surface area contributed by atoms with Gasteiger partial charge in [-0.3, -0.25) is 0 Å². The third-order valence-corrected chi connectivity index (χ3v) is 7.64. The maximum atomic E-state index is 5.81. The molecule has 0 aliphatic rings. The Hall–Kier alpha value is -0.383. The first-order chi connectivity index (χ1) is 7.14. The lowest BCUT2D eigenvalue weighted by Gasteiger charge is -2.18. The van der Waals surface area contributed by atoms with E-state index < -0.39 is 8.32 Å². The number of benzene rings is 1. The van der Waals surface area contributed by atoms with Gasteiger partial charge >= 0.3 is 0 Å². The van der Waals surface area contributed by atoms with E-state index in [2.05, 4.69) is 53.3 Å². The molecule has 0 radical (unpaired) electrons. The third-order valence-electron chi connectivity index (χ3n) is 2.00. The van der Waals surface area contributed by atoms with Crippen LogP contribution in [0.4, 0.5) is 0 Å². The molecule has 1 aromatic carbocycles. The zero-order valence-electron chi connectivity index (χ0n) is 9.24. The van der Waals surface area contributed by atoms with Crippen LogP contribution < -0.4 is 0 Å². The lowest BCUT2D eigenvalue weighted by molar-refractivity contribution is 0.358. The summed E-state index contributed by atoms with van der Waals surface area (Å²) in [6.45, 7) is 5.12. The van der Waals surface area contributed by atoms with Crippen LogP contribution in [0.5, 0.6) is 0 Å². The monoisotopic (exact) mass is 284 g/mol. The van der Waals surface area contributed by atoms with Crippen molar-refractivity contribution in [2.24, 2.45) is 0 Å². The summed E-state index contributed by atoms with van der Waals surface area (Å²) >= 11 is 3.48.